The van der Waals surface area contributed by atoms with Crippen molar-refractivity contribution >= 4 is 24.2 Å². The number of unbranched alkanes of at least 4 members (excludes halogenated alkanes) is 3. The van der Waals surface area contributed by atoms with Crippen molar-refractivity contribution in [1.29, 1.82) is 0 Å². The lowest BCUT2D eigenvalue weighted by Gasteiger charge is -2.02. The van der Waals surface area contributed by atoms with Crippen LogP contribution in [0.25, 0.3) is 0 Å². The molecule has 0 aliphatic carbocycles. The first-order chi connectivity index (χ1) is 13.7. The van der Waals surface area contributed by atoms with Gasteiger partial charge in [0.15, 0.2) is 0 Å². The first kappa shape index (κ1) is 20.9. The van der Waals surface area contributed by atoms with Crippen LogP contribution in [0.3, 0.4) is 0 Å². The van der Waals surface area contributed by atoms with Crippen LogP contribution in [-0.4, -0.2) is 34.2 Å². The van der Waals surface area contributed by atoms with E-state index in [1.807, 2.05) is 12.1 Å². The van der Waals surface area contributed by atoms with Gasteiger partial charge in [-0.2, -0.15) is 10.2 Å². The zero-order valence-corrected chi connectivity index (χ0v) is 15.6. The third-order valence-corrected chi connectivity index (χ3v) is 3.73. The second-order valence-corrected chi connectivity index (χ2v) is 6.07. The van der Waals surface area contributed by atoms with Crippen molar-refractivity contribution in [3.05, 3.63) is 60.2 Å². The average Bonchev–Trinajstić information content (AvgIpc) is 2.72. The summed E-state index contributed by atoms with van der Waals surface area (Å²) in [6, 6.07) is 7.30. The van der Waals surface area contributed by atoms with Crippen LogP contribution in [-0.2, 0) is 9.59 Å². The van der Waals surface area contributed by atoms with E-state index >= 15 is 0 Å². The van der Waals surface area contributed by atoms with E-state index in [-0.39, 0.29) is 11.8 Å². The molecule has 28 heavy (non-hydrogen) atoms. The number of hydrogen-bond donors (Lipinski definition) is 2. The number of amides is 2. The molecule has 0 spiro atoms. The largest absolute Gasteiger partial charge is 0.273 e. The Morgan fingerprint density at radius 3 is 1.64 bits per heavy atom. The number of carbonyl (C=O) groups is 2. The topological polar surface area (TPSA) is 109 Å². The number of nitrogens with zero attached hydrogens (tertiary/aromatic N) is 4. The van der Waals surface area contributed by atoms with E-state index in [2.05, 4.69) is 31.0 Å². The van der Waals surface area contributed by atoms with E-state index < -0.39 is 0 Å². The van der Waals surface area contributed by atoms with Crippen molar-refractivity contribution in [3.63, 3.8) is 0 Å². The monoisotopic (exact) mass is 380 g/mol. The Kier molecular flexibility index (Phi) is 9.59. The molecule has 2 rings (SSSR count). The molecule has 0 unspecified atom stereocenters. The number of pyridine rings is 2. The van der Waals surface area contributed by atoms with E-state index in [1.54, 1.807) is 49.3 Å². The smallest absolute Gasteiger partial charge is 0.240 e. The Labute approximate surface area is 164 Å². The number of aromatic nitrogens is 2. The summed E-state index contributed by atoms with van der Waals surface area (Å²) >= 11 is 0. The van der Waals surface area contributed by atoms with Gasteiger partial charge in [0.05, 0.1) is 12.4 Å². The molecule has 146 valence electrons. The summed E-state index contributed by atoms with van der Waals surface area (Å²) in [5.41, 5.74) is 6.64. The normalized spacial score (nSPS) is 11.0. The molecule has 0 saturated heterocycles. The van der Waals surface area contributed by atoms with Gasteiger partial charge in [-0.15, -0.1) is 0 Å². The fourth-order valence-electron chi connectivity index (χ4n) is 2.30. The van der Waals surface area contributed by atoms with Crippen molar-refractivity contribution in [2.75, 3.05) is 0 Å². The van der Waals surface area contributed by atoms with Gasteiger partial charge >= 0.3 is 0 Å². The number of hydrogen-bond acceptors (Lipinski definition) is 6. The lowest BCUT2D eigenvalue weighted by Crippen LogP contribution is -2.17. The molecule has 8 heteroatoms. The van der Waals surface area contributed by atoms with Crippen LogP contribution < -0.4 is 10.9 Å². The Balaban J connectivity index is 1.47. The maximum Gasteiger partial charge on any atom is 0.240 e. The molecule has 0 aromatic carbocycles. The van der Waals surface area contributed by atoms with Gasteiger partial charge in [0, 0.05) is 48.8 Å². The lowest BCUT2D eigenvalue weighted by molar-refractivity contribution is -0.122. The molecule has 0 aliphatic rings. The van der Waals surface area contributed by atoms with Gasteiger partial charge < -0.3 is 0 Å². The van der Waals surface area contributed by atoms with Gasteiger partial charge in [-0.05, 0) is 25.0 Å². The standard InChI is InChI=1S/C20H24N6O2/c27-19(25-23-15-17-7-5-11-21-13-17)9-3-1-2-4-10-20(28)26-24-16-18-8-6-12-22-14-18/h5-8,11-16H,1-4,9-10H2,(H,25,27)(H,26,28)/b23-15-,24-16-. The van der Waals surface area contributed by atoms with Gasteiger partial charge in [0.25, 0.3) is 0 Å². The minimum atomic E-state index is -0.123. The van der Waals surface area contributed by atoms with Crippen LogP contribution in [0.4, 0.5) is 0 Å². The van der Waals surface area contributed by atoms with Crippen molar-refractivity contribution in [1.82, 2.24) is 20.8 Å². The highest BCUT2D eigenvalue weighted by Crippen LogP contribution is 2.05. The molecule has 2 amide bonds. The molecule has 0 radical (unpaired) electrons. The number of rotatable bonds is 11. The van der Waals surface area contributed by atoms with Crippen LogP contribution in [0.15, 0.2) is 59.3 Å². The molecule has 0 fully saturated rings. The van der Waals surface area contributed by atoms with E-state index in [4.69, 9.17) is 0 Å². The van der Waals surface area contributed by atoms with E-state index in [9.17, 15) is 9.59 Å². The summed E-state index contributed by atoms with van der Waals surface area (Å²) in [5.74, 6) is -0.245. The Morgan fingerprint density at radius 1 is 0.786 bits per heavy atom. The second-order valence-electron chi connectivity index (χ2n) is 6.07. The summed E-state index contributed by atoms with van der Waals surface area (Å²) in [4.78, 5) is 31.3. The van der Waals surface area contributed by atoms with E-state index in [0.29, 0.717) is 12.8 Å². The lowest BCUT2D eigenvalue weighted by atomic mass is 10.1. The highest BCUT2D eigenvalue weighted by molar-refractivity contribution is 5.82. The third-order valence-electron chi connectivity index (χ3n) is 3.73. The molecule has 8 nitrogen and oxygen atoms in total. The molecular weight excluding hydrogens is 356 g/mol. The molecule has 2 aromatic heterocycles. The van der Waals surface area contributed by atoms with Crippen LogP contribution in [0.5, 0.6) is 0 Å². The first-order valence-corrected chi connectivity index (χ1v) is 9.18. The summed E-state index contributed by atoms with van der Waals surface area (Å²) < 4.78 is 0. The predicted octanol–water partition coefficient (Wildman–Crippen LogP) is 2.42. The van der Waals surface area contributed by atoms with Gasteiger partial charge in [0.1, 0.15) is 0 Å². The highest BCUT2D eigenvalue weighted by Gasteiger charge is 2.02. The minimum Gasteiger partial charge on any atom is -0.273 e. The molecule has 2 heterocycles. The van der Waals surface area contributed by atoms with Crippen molar-refractivity contribution in [3.8, 4) is 0 Å². The molecule has 0 aliphatic heterocycles. The number of nitrogens with one attached hydrogen (secondary N) is 2. The Bertz CT molecular complexity index is 710. The number of carbonyl (C=O) groups excluding carboxylic acids is 2. The quantitative estimate of drug-likeness (QED) is 0.354. The van der Waals surface area contributed by atoms with Crippen LogP contribution in [0.1, 0.15) is 49.7 Å². The summed E-state index contributed by atoms with van der Waals surface area (Å²) in [6.07, 6.45) is 13.9. The highest BCUT2D eigenvalue weighted by atomic mass is 16.2. The van der Waals surface area contributed by atoms with Crippen LogP contribution in [0.2, 0.25) is 0 Å². The fraction of sp³-hybridized carbons (Fsp3) is 0.300. The number of hydrazone groups is 2. The van der Waals surface area contributed by atoms with Crippen LogP contribution in [0, 0.1) is 0 Å². The molecule has 0 atom stereocenters. The fourth-order valence-corrected chi connectivity index (χ4v) is 2.30. The zero-order valence-electron chi connectivity index (χ0n) is 15.6. The van der Waals surface area contributed by atoms with E-state index in [0.717, 1.165) is 36.8 Å². The van der Waals surface area contributed by atoms with Gasteiger partial charge in [0.2, 0.25) is 11.8 Å². The van der Waals surface area contributed by atoms with Gasteiger partial charge in [-0.1, -0.05) is 25.0 Å². The van der Waals surface area contributed by atoms with E-state index in [1.165, 1.54) is 0 Å². The molecular formula is C20H24N6O2. The second kappa shape index (κ2) is 12.9. The van der Waals surface area contributed by atoms with Gasteiger partial charge in [-0.25, -0.2) is 10.9 Å². The minimum absolute atomic E-state index is 0.123. The summed E-state index contributed by atoms with van der Waals surface area (Å²) in [7, 11) is 0. The SMILES string of the molecule is O=C(CCCCCCC(=O)N/N=C\c1cccnc1)N/N=C\c1cccnc1. The summed E-state index contributed by atoms with van der Waals surface area (Å²) in [5, 5.41) is 7.79. The molecule has 2 aromatic rings. The average molecular weight is 380 g/mol. The first-order valence-electron chi connectivity index (χ1n) is 9.18. The molecule has 2 N–H and O–H groups in total. The molecule has 0 bridgehead atoms. The van der Waals surface area contributed by atoms with Crippen molar-refractivity contribution < 1.29 is 9.59 Å². The summed E-state index contributed by atoms with van der Waals surface area (Å²) in [6.45, 7) is 0. The molecule has 0 saturated carbocycles. The van der Waals surface area contributed by atoms with Crippen molar-refractivity contribution in [2.24, 2.45) is 10.2 Å². The van der Waals surface area contributed by atoms with Gasteiger partial charge in [-0.3, -0.25) is 19.6 Å². The maximum absolute atomic E-state index is 11.7. The maximum atomic E-state index is 11.7. The predicted molar refractivity (Wildman–Crippen MR) is 108 cm³/mol. The van der Waals surface area contributed by atoms with Crippen LogP contribution >= 0.6 is 0 Å². The zero-order chi connectivity index (χ0) is 19.9. The Morgan fingerprint density at radius 2 is 1.25 bits per heavy atom. The van der Waals surface area contributed by atoms with Crippen molar-refractivity contribution in [2.45, 2.75) is 38.5 Å². The third kappa shape index (κ3) is 9.33. The Hall–Kier alpha value is -3.42.